The molecule has 0 aromatic carbocycles. The summed E-state index contributed by atoms with van der Waals surface area (Å²) in [5, 5.41) is 7.92. The minimum Gasteiger partial charge on any atom is -0.379 e. The van der Waals surface area contributed by atoms with E-state index in [9.17, 15) is 0 Å². The topological polar surface area (TPSA) is 42.3 Å². The molecule has 0 aliphatic carbocycles. The van der Waals surface area contributed by atoms with Gasteiger partial charge >= 0.3 is 0 Å². The summed E-state index contributed by atoms with van der Waals surface area (Å²) in [7, 11) is 0. The van der Waals surface area contributed by atoms with Gasteiger partial charge in [0.15, 0.2) is 0 Å². The number of aromatic nitrogens is 2. The van der Waals surface area contributed by atoms with Crippen molar-refractivity contribution >= 4 is 24.8 Å². The zero-order valence-corrected chi connectivity index (χ0v) is 14.6. The monoisotopic (exact) mass is 338 g/mol. The average molecular weight is 339 g/mol. The molecule has 1 aromatic heterocycles. The lowest BCUT2D eigenvalue weighted by molar-refractivity contribution is 0.0384. The predicted octanol–water partition coefficient (Wildman–Crippen LogP) is 2.12. The van der Waals surface area contributed by atoms with Crippen LogP contribution in [0.4, 0.5) is 0 Å². The van der Waals surface area contributed by atoms with E-state index >= 15 is 0 Å². The number of ether oxygens (including phenoxy) is 1. The van der Waals surface area contributed by atoms with Crippen LogP contribution in [0.3, 0.4) is 0 Å². The summed E-state index contributed by atoms with van der Waals surface area (Å²) >= 11 is 0. The second-order valence-corrected chi connectivity index (χ2v) is 5.16. The quantitative estimate of drug-likeness (QED) is 0.773. The second-order valence-electron chi connectivity index (χ2n) is 5.16. The van der Waals surface area contributed by atoms with E-state index in [0.29, 0.717) is 6.04 Å². The molecule has 1 aliphatic rings. The molecule has 1 saturated heterocycles. The summed E-state index contributed by atoms with van der Waals surface area (Å²) in [6.07, 6.45) is 3.01. The minimum absolute atomic E-state index is 0. The standard InChI is InChI=1S/C14H26N4O.2ClH/c1-3-13(2)18-14(4-5-16-18)12-15-6-7-17-8-10-19-11-9-17;;/h4-5,13,15H,3,6-12H2,1-2H3;2*1H. The number of hydrogen-bond acceptors (Lipinski definition) is 4. The molecular formula is C14H28Cl2N4O. The van der Waals surface area contributed by atoms with Crippen LogP contribution in [-0.2, 0) is 11.3 Å². The molecule has 2 heterocycles. The second kappa shape index (κ2) is 11.3. The van der Waals surface area contributed by atoms with Crippen molar-refractivity contribution in [1.29, 1.82) is 0 Å². The molecule has 0 saturated carbocycles. The third kappa shape index (κ3) is 6.53. The number of rotatable bonds is 7. The van der Waals surface area contributed by atoms with Crippen molar-refractivity contribution < 1.29 is 4.74 Å². The van der Waals surface area contributed by atoms with Crippen LogP contribution in [-0.4, -0.2) is 54.1 Å². The van der Waals surface area contributed by atoms with Crippen molar-refractivity contribution in [2.45, 2.75) is 32.9 Å². The largest absolute Gasteiger partial charge is 0.379 e. The first-order valence-corrected chi connectivity index (χ1v) is 7.34. The van der Waals surface area contributed by atoms with Crippen molar-refractivity contribution in [2.75, 3.05) is 39.4 Å². The molecule has 2 rings (SSSR count). The van der Waals surface area contributed by atoms with Crippen LogP contribution >= 0.6 is 24.8 Å². The van der Waals surface area contributed by atoms with Crippen LogP contribution < -0.4 is 5.32 Å². The third-order valence-electron chi connectivity index (χ3n) is 3.78. The molecule has 5 nitrogen and oxygen atoms in total. The van der Waals surface area contributed by atoms with Gasteiger partial charge in [-0.05, 0) is 19.4 Å². The van der Waals surface area contributed by atoms with Crippen LogP contribution in [0.5, 0.6) is 0 Å². The lowest BCUT2D eigenvalue weighted by atomic mass is 10.2. The van der Waals surface area contributed by atoms with Crippen LogP contribution in [0.1, 0.15) is 32.0 Å². The average Bonchev–Trinajstić information content (AvgIpc) is 2.92. The zero-order chi connectivity index (χ0) is 13.5. The van der Waals surface area contributed by atoms with E-state index in [2.05, 4.69) is 39.9 Å². The number of hydrogen-bond donors (Lipinski definition) is 1. The molecule has 7 heteroatoms. The van der Waals surface area contributed by atoms with E-state index in [0.717, 1.165) is 52.4 Å². The zero-order valence-electron chi connectivity index (χ0n) is 13.0. The van der Waals surface area contributed by atoms with Gasteiger partial charge in [-0.2, -0.15) is 5.10 Å². The third-order valence-corrected chi connectivity index (χ3v) is 3.78. The number of morpholine rings is 1. The van der Waals surface area contributed by atoms with E-state index in [1.165, 1.54) is 5.69 Å². The predicted molar refractivity (Wildman–Crippen MR) is 90.7 cm³/mol. The Hall–Kier alpha value is -0.330. The molecule has 124 valence electrons. The maximum atomic E-state index is 5.35. The Morgan fingerprint density at radius 2 is 2.05 bits per heavy atom. The van der Waals surface area contributed by atoms with Gasteiger partial charge in [0, 0.05) is 45.0 Å². The van der Waals surface area contributed by atoms with E-state index < -0.39 is 0 Å². The summed E-state index contributed by atoms with van der Waals surface area (Å²) in [5.41, 5.74) is 1.27. The van der Waals surface area contributed by atoms with Gasteiger partial charge in [0.05, 0.1) is 18.9 Å². The molecule has 0 radical (unpaired) electrons. The Bertz CT molecular complexity index is 370. The van der Waals surface area contributed by atoms with Gasteiger partial charge in [0.1, 0.15) is 0 Å². The van der Waals surface area contributed by atoms with Crippen molar-refractivity contribution in [3.63, 3.8) is 0 Å². The molecule has 0 bridgehead atoms. The van der Waals surface area contributed by atoms with E-state index in [1.807, 2.05) is 6.20 Å². The van der Waals surface area contributed by atoms with Crippen molar-refractivity contribution in [3.05, 3.63) is 18.0 Å². The Labute approximate surface area is 140 Å². The Balaban J connectivity index is 0.00000200. The van der Waals surface area contributed by atoms with E-state index in [4.69, 9.17) is 4.74 Å². The summed E-state index contributed by atoms with van der Waals surface area (Å²) < 4.78 is 7.47. The number of nitrogens with zero attached hydrogens (tertiary/aromatic N) is 3. The van der Waals surface area contributed by atoms with Gasteiger partial charge in [0.2, 0.25) is 0 Å². The first kappa shape index (κ1) is 20.7. The van der Waals surface area contributed by atoms with Gasteiger partial charge < -0.3 is 10.1 Å². The lowest BCUT2D eigenvalue weighted by Gasteiger charge is -2.26. The van der Waals surface area contributed by atoms with Gasteiger partial charge in [0.25, 0.3) is 0 Å². The summed E-state index contributed by atoms with van der Waals surface area (Å²) in [4.78, 5) is 2.45. The number of nitrogens with one attached hydrogen (secondary N) is 1. The van der Waals surface area contributed by atoms with Crippen LogP contribution in [0.2, 0.25) is 0 Å². The molecule has 1 fully saturated rings. The maximum Gasteiger partial charge on any atom is 0.0594 e. The fourth-order valence-electron chi connectivity index (χ4n) is 2.33. The van der Waals surface area contributed by atoms with Gasteiger partial charge in [-0.25, -0.2) is 0 Å². The highest BCUT2D eigenvalue weighted by molar-refractivity contribution is 5.85. The highest BCUT2D eigenvalue weighted by atomic mass is 35.5. The summed E-state index contributed by atoms with van der Waals surface area (Å²) in [5.74, 6) is 0. The van der Waals surface area contributed by atoms with E-state index in [-0.39, 0.29) is 24.8 Å². The molecule has 1 aliphatic heterocycles. The lowest BCUT2D eigenvalue weighted by Crippen LogP contribution is -2.40. The van der Waals surface area contributed by atoms with Crippen LogP contribution in [0.15, 0.2) is 12.3 Å². The fourth-order valence-corrected chi connectivity index (χ4v) is 2.33. The number of halogens is 2. The first-order valence-electron chi connectivity index (χ1n) is 7.34. The molecule has 1 aromatic rings. The Morgan fingerprint density at radius 3 is 2.71 bits per heavy atom. The molecule has 21 heavy (non-hydrogen) atoms. The smallest absolute Gasteiger partial charge is 0.0594 e. The molecule has 1 unspecified atom stereocenters. The SMILES string of the molecule is CCC(C)n1nccc1CNCCN1CCOCC1.Cl.Cl. The van der Waals surface area contributed by atoms with E-state index in [1.54, 1.807) is 0 Å². The van der Waals surface area contributed by atoms with Gasteiger partial charge in [-0.3, -0.25) is 9.58 Å². The van der Waals surface area contributed by atoms with Crippen molar-refractivity contribution in [3.8, 4) is 0 Å². The molecular weight excluding hydrogens is 311 g/mol. The minimum atomic E-state index is 0. The molecule has 0 amide bonds. The van der Waals surface area contributed by atoms with Gasteiger partial charge in [-0.15, -0.1) is 24.8 Å². The fraction of sp³-hybridized carbons (Fsp3) is 0.786. The Morgan fingerprint density at radius 1 is 1.33 bits per heavy atom. The molecule has 0 spiro atoms. The van der Waals surface area contributed by atoms with Crippen molar-refractivity contribution in [2.24, 2.45) is 0 Å². The van der Waals surface area contributed by atoms with Crippen molar-refractivity contribution in [1.82, 2.24) is 20.0 Å². The molecule has 1 atom stereocenters. The highest BCUT2D eigenvalue weighted by Gasteiger charge is 2.10. The Kier molecular flexibility index (Phi) is 11.1. The normalized spacial score (nSPS) is 16.9. The van der Waals surface area contributed by atoms with Crippen LogP contribution in [0, 0.1) is 0 Å². The maximum absolute atomic E-state index is 5.35. The molecule has 1 N–H and O–H groups in total. The highest BCUT2D eigenvalue weighted by Crippen LogP contribution is 2.11. The first-order chi connectivity index (χ1) is 9.31. The summed E-state index contributed by atoms with van der Waals surface area (Å²) in [6.45, 7) is 11.3. The van der Waals surface area contributed by atoms with Gasteiger partial charge in [-0.1, -0.05) is 6.92 Å². The van der Waals surface area contributed by atoms with Crippen LogP contribution in [0.25, 0.3) is 0 Å². The summed E-state index contributed by atoms with van der Waals surface area (Å²) in [6, 6.07) is 2.58.